The zero-order chi connectivity index (χ0) is 13.7. The van der Waals surface area contributed by atoms with Gasteiger partial charge in [0.05, 0.1) is 5.75 Å². The first-order valence-corrected chi connectivity index (χ1v) is 8.04. The van der Waals surface area contributed by atoms with Gasteiger partial charge in [0, 0.05) is 5.69 Å². The summed E-state index contributed by atoms with van der Waals surface area (Å²) in [6.45, 7) is 2.78. The van der Waals surface area contributed by atoms with E-state index in [-0.39, 0.29) is 5.91 Å². The van der Waals surface area contributed by atoms with E-state index in [1.165, 1.54) is 24.0 Å². The SMILES string of the molecule is CC(CN)CSCC(=O)Nc1ccc2c(c1)CCC2. The minimum Gasteiger partial charge on any atom is -0.330 e. The number of hydrogen-bond donors (Lipinski definition) is 2. The molecule has 0 bridgehead atoms. The molecule has 0 radical (unpaired) electrons. The second-order valence-electron chi connectivity index (χ2n) is 5.24. The van der Waals surface area contributed by atoms with Gasteiger partial charge in [-0.25, -0.2) is 0 Å². The van der Waals surface area contributed by atoms with Crippen molar-refractivity contribution < 1.29 is 4.79 Å². The number of benzene rings is 1. The molecule has 0 aromatic heterocycles. The fourth-order valence-corrected chi connectivity index (χ4v) is 3.18. The first-order chi connectivity index (χ1) is 9.19. The summed E-state index contributed by atoms with van der Waals surface area (Å²) in [6.07, 6.45) is 3.55. The molecule has 3 nitrogen and oxygen atoms in total. The predicted octanol–water partition coefficient (Wildman–Crippen LogP) is 2.44. The van der Waals surface area contributed by atoms with Gasteiger partial charge in [0.15, 0.2) is 0 Å². The quantitative estimate of drug-likeness (QED) is 0.840. The molecule has 0 spiro atoms. The standard InChI is InChI=1S/C15H22N2OS/c1-11(8-16)9-19-10-15(18)17-14-6-5-12-3-2-4-13(12)7-14/h5-7,11H,2-4,8-10,16H2,1H3,(H,17,18). The van der Waals surface area contributed by atoms with Gasteiger partial charge in [-0.15, -0.1) is 0 Å². The molecular weight excluding hydrogens is 256 g/mol. The maximum absolute atomic E-state index is 11.8. The van der Waals surface area contributed by atoms with E-state index in [4.69, 9.17) is 5.73 Å². The van der Waals surface area contributed by atoms with Gasteiger partial charge >= 0.3 is 0 Å². The summed E-state index contributed by atoms with van der Waals surface area (Å²) in [7, 11) is 0. The molecule has 3 N–H and O–H groups in total. The van der Waals surface area contributed by atoms with Crippen molar-refractivity contribution in [3.8, 4) is 0 Å². The van der Waals surface area contributed by atoms with Gasteiger partial charge in [0.25, 0.3) is 0 Å². The highest BCUT2D eigenvalue weighted by Gasteiger charge is 2.12. The maximum atomic E-state index is 11.8. The van der Waals surface area contributed by atoms with E-state index in [9.17, 15) is 4.79 Å². The third-order valence-electron chi connectivity index (χ3n) is 3.42. The van der Waals surface area contributed by atoms with E-state index < -0.39 is 0 Å². The summed E-state index contributed by atoms with van der Waals surface area (Å²) in [5.41, 5.74) is 9.30. The number of nitrogens with one attached hydrogen (secondary N) is 1. The van der Waals surface area contributed by atoms with Crippen molar-refractivity contribution in [2.75, 3.05) is 23.4 Å². The Hall–Kier alpha value is -1.00. The van der Waals surface area contributed by atoms with Crippen LogP contribution in [0.25, 0.3) is 0 Å². The number of nitrogens with two attached hydrogens (primary N) is 1. The molecule has 1 amide bonds. The highest BCUT2D eigenvalue weighted by Crippen LogP contribution is 2.24. The first-order valence-electron chi connectivity index (χ1n) is 6.88. The summed E-state index contributed by atoms with van der Waals surface area (Å²) in [5.74, 6) is 1.99. The molecule has 0 aliphatic heterocycles. The number of thioether (sulfide) groups is 1. The molecule has 19 heavy (non-hydrogen) atoms. The van der Waals surface area contributed by atoms with Crippen molar-refractivity contribution >= 4 is 23.4 Å². The smallest absolute Gasteiger partial charge is 0.234 e. The van der Waals surface area contributed by atoms with Crippen LogP contribution in [0.2, 0.25) is 0 Å². The topological polar surface area (TPSA) is 55.1 Å². The molecule has 0 saturated carbocycles. The number of amides is 1. The molecule has 0 fully saturated rings. The lowest BCUT2D eigenvalue weighted by Crippen LogP contribution is -2.17. The highest BCUT2D eigenvalue weighted by molar-refractivity contribution is 7.99. The summed E-state index contributed by atoms with van der Waals surface area (Å²) >= 11 is 1.65. The summed E-state index contributed by atoms with van der Waals surface area (Å²) in [6, 6.07) is 6.27. The van der Waals surface area contributed by atoms with Crippen LogP contribution in [-0.4, -0.2) is 24.0 Å². The molecule has 1 aromatic carbocycles. The summed E-state index contributed by atoms with van der Waals surface area (Å²) in [4.78, 5) is 11.8. The molecule has 104 valence electrons. The molecule has 1 aromatic rings. The fraction of sp³-hybridized carbons (Fsp3) is 0.533. The van der Waals surface area contributed by atoms with Crippen molar-refractivity contribution in [1.82, 2.24) is 0 Å². The molecule has 1 aliphatic rings. The summed E-state index contributed by atoms with van der Waals surface area (Å²) < 4.78 is 0. The molecule has 0 saturated heterocycles. The van der Waals surface area contributed by atoms with Gasteiger partial charge < -0.3 is 11.1 Å². The predicted molar refractivity (Wildman–Crippen MR) is 82.6 cm³/mol. The van der Waals surface area contributed by atoms with E-state index in [0.29, 0.717) is 18.2 Å². The van der Waals surface area contributed by atoms with Crippen LogP contribution in [0.15, 0.2) is 18.2 Å². The fourth-order valence-electron chi connectivity index (χ4n) is 2.27. The minimum atomic E-state index is 0.0761. The van der Waals surface area contributed by atoms with Crippen LogP contribution < -0.4 is 11.1 Å². The van der Waals surface area contributed by atoms with Crippen LogP contribution >= 0.6 is 11.8 Å². The van der Waals surface area contributed by atoms with E-state index in [1.807, 2.05) is 6.07 Å². The lowest BCUT2D eigenvalue weighted by molar-refractivity contribution is -0.113. The van der Waals surface area contributed by atoms with Gasteiger partial charge in [-0.1, -0.05) is 13.0 Å². The highest BCUT2D eigenvalue weighted by atomic mass is 32.2. The van der Waals surface area contributed by atoms with Crippen molar-refractivity contribution in [1.29, 1.82) is 0 Å². The van der Waals surface area contributed by atoms with Gasteiger partial charge in [-0.2, -0.15) is 11.8 Å². The molecule has 1 aliphatic carbocycles. The zero-order valence-corrected chi connectivity index (χ0v) is 12.3. The Labute approximate surface area is 119 Å². The Morgan fingerprint density at radius 3 is 3.00 bits per heavy atom. The van der Waals surface area contributed by atoms with E-state index in [0.717, 1.165) is 17.9 Å². The van der Waals surface area contributed by atoms with Crippen LogP contribution in [0.3, 0.4) is 0 Å². The number of fused-ring (bicyclic) bond motifs is 1. The molecule has 2 rings (SSSR count). The van der Waals surface area contributed by atoms with E-state index in [2.05, 4.69) is 24.4 Å². The Balaban J connectivity index is 1.79. The number of carbonyl (C=O) groups excluding carboxylic acids is 1. The monoisotopic (exact) mass is 278 g/mol. The van der Waals surface area contributed by atoms with E-state index >= 15 is 0 Å². The van der Waals surface area contributed by atoms with Gasteiger partial charge in [0.1, 0.15) is 0 Å². The number of anilines is 1. The second-order valence-corrected chi connectivity index (χ2v) is 6.27. The summed E-state index contributed by atoms with van der Waals surface area (Å²) in [5, 5.41) is 2.97. The Kier molecular flexibility index (Phi) is 5.28. The lowest BCUT2D eigenvalue weighted by Gasteiger charge is -2.09. The normalized spacial score (nSPS) is 15.1. The van der Waals surface area contributed by atoms with E-state index in [1.54, 1.807) is 11.8 Å². The van der Waals surface area contributed by atoms with Crippen LogP contribution in [0.5, 0.6) is 0 Å². The number of carbonyl (C=O) groups is 1. The van der Waals surface area contributed by atoms with Crippen LogP contribution in [0.1, 0.15) is 24.5 Å². The zero-order valence-electron chi connectivity index (χ0n) is 11.4. The molecule has 1 unspecified atom stereocenters. The van der Waals surface area contributed by atoms with Crippen molar-refractivity contribution in [2.24, 2.45) is 11.7 Å². The molecule has 0 heterocycles. The third-order valence-corrected chi connectivity index (χ3v) is 4.69. The average Bonchev–Trinajstić information content (AvgIpc) is 2.85. The van der Waals surface area contributed by atoms with Crippen molar-refractivity contribution in [3.63, 3.8) is 0 Å². The molecule has 4 heteroatoms. The van der Waals surface area contributed by atoms with Crippen LogP contribution in [0, 0.1) is 5.92 Å². The average molecular weight is 278 g/mol. The van der Waals surface area contributed by atoms with Gasteiger partial charge in [-0.05, 0) is 60.7 Å². The molecular formula is C15H22N2OS. The second kappa shape index (κ2) is 6.96. The number of rotatable bonds is 6. The molecule has 1 atom stereocenters. The van der Waals surface area contributed by atoms with Gasteiger partial charge in [-0.3, -0.25) is 4.79 Å². The Morgan fingerprint density at radius 2 is 2.21 bits per heavy atom. The van der Waals surface area contributed by atoms with Crippen molar-refractivity contribution in [2.45, 2.75) is 26.2 Å². The minimum absolute atomic E-state index is 0.0761. The number of aryl methyl sites for hydroxylation is 2. The largest absolute Gasteiger partial charge is 0.330 e. The maximum Gasteiger partial charge on any atom is 0.234 e. The van der Waals surface area contributed by atoms with Gasteiger partial charge in [0.2, 0.25) is 5.91 Å². The van der Waals surface area contributed by atoms with Crippen LogP contribution in [-0.2, 0) is 17.6 Å². The Morgan fingerprint density at radius 1 is 1.42 bits per heavy atom. The van der Waals surface area contributed by atoms with Crippen molar-refractivity contribution in [3.05, 3.63) is 29.3 Å². The van der Waals surface area contributed by atoms with Crippen LogP contribution in [0.4, 0.5) is 5.69 Å². The first kappa shape index (κ1) is 14.4. The number of hydrogen-bond acceptors (Lipinski definition) is 3. The Bertz CT molecular complexity index is 448. The third kappa shape index (κ3) is 4.25. The lowest BCUT2D eigenvalue weighted by atomic mass is 10.1.